The summed E-state index contributed by atoms with van der Waals surface area (Å²) in [4.78, 5) is 13.7. The van der Waals surface area contributed by atoms with Gasteiger partial charge in [-0.25, -0.2) is 0 Å². The van der Waals surface area contributed by atoms with E-state index in [1.54, 1.807) is 0 Å². The number of aromatic nitrogens is 3. The molecule has 6 nitrogen and oxygen atoms in total. The molecule has 0 bridgehead atoms. The minimum absolute atomic E-state index is 0. The van der Waals surface area contributed by atoms with Gasteiger partial charge in [-0.2, -0.15) is 15.0 Å². The number of aryl methyl sites for hydroxylation is 3. The molecule has 7 heteroatoms. The molecular formula is C24H25N6S-. The van der Waals surface area contributed by atoms with Crippen molar-refractivity contribution in [2.75, 3.05) is 16.0 Å². The molecule has 3 N–H and O–H groups in total. The van der Waals surface area contributed by atoms with Crippen LogP contribution in [0.2, 0.25) is 0 Å². The highest BCUT2D eigenvalue weighted by Gasteiger charge is 2.09. The van der Waals surface area contributed by atoms with Crippen LogP contribution in [0.1, 0.15) is 16.7 Å². The second-order valence-corrected chi connectivity index (χ2v) is 7.29. The fourth-order valence-corrected chi connectivity index (χ4v) is 3.10. The topological polar surface area (TPSA) is 74.8 Å². The van der Waals surface area contributed by atoms with Crippen LogP contribution >= 0.6 is 0 Å². The van der Waals surface area contributed by atoms with Crippen LogP contribution in [0.15, 0.2) is 72.8 Å². The molecule has 0 atom stereocenters. The van der Waals surface area contributed by atoms with E-state index in [0.717, 1.165) is 33.8 Å². The maximum Gasteiger partial charge on any atom is 0.233 e. The molecule has 0 amide bonds. The predicted molar refractivity (Wildman–Crippen MR) is 132 cm³/mol. The summed E-state index contributed by atoms with van der Waals surface area (Å²) in [5, 5.41) is 9.83. The van der Waals surface area contributed by atoms with Crippen molar-refractivity contribution < 1.29 is 0 Å². The van der Waals surface area contributed by atoms with Crippen LogP contribution in [0.25, 0.3) is 0 Å². The molecule has 31 heavy (non-hydrogen) atoms. The van der Waals surface area contributed by atoms with Gasteiger partial charge < -0.3 is 29.4 Å². The van der Waals surface area contributed by atoms with Crippen molar-refractivity contribution in [3.05, 3.63) is 89.5 Å². The maximum absolute atomic E-state index is 4.56. The number of nitrogens with one attached hydrogen (secondary N) is 3. The highest BCUT2D eigenvalue weighted by molar-refractivity contribution is 7.37. The first kappa shape index (κ1) is 22.1. The molecule has 0 aliphatic carbocycles. The van der Waals surface area contributed by atoms with Gasteiger partial charge in [-0.1, -0.05) is 36.4 Å². The molecule has 4 aromatic rings. The lowest BCUT2D eigenvalue weighted by molar-refractivity contribution is 1.06. The summed E-state index contributed by atoms with van der Waals surface area (Å²) in [7, 11) is 0. The van der Waals surface area contributed by atoms with Crippen LogP contribution in [0.5, 0.6) is 0 Å². The summed E-state index contributed by atoms with van der Waals surface area (Å²) < 4.78 is 0. The number of hydrogen-bond acceptors (Lipinski definition) is 7. The molecule has 158 valence electrons. The van der Waals surface area contributed by atoms with Crippen molar-refractivity contribution in [2.45, 2.75) is 20.8 Å². The van der Waals surface area contributed by atoms with Crippen molar-refractivity contribution in [3.63, 3.8) is 0 Å². The zero-order valence-corrected chi connectivity index (χ0v) is 18.6. The third-order valence-corrected chi connectivity index (χ3v) is 4.46. The van der Waals surface area contributed by atoms with Crippen molar-refractivity contribution in [3.8, 4) is 0 Å². The third kappa shape index (κ3) is 6.20. The van der Waals surface area contributed by atoms with Crippen molar-refractivity contribution in [2.24, 2.45) is 0 Å². The number of thiol groups is 1. The van der Waals surface area contributed by atoms with E-state index in [4.69, 9.17) is 0 Å². The molecule has 1 aromatic heterocycles. The lowest BCUT2D eigenvalue weighted by atomic mass is 10.2. The Bertz CT molecular complexity index is 1020. The van der Waals surface area contributed by atoms with E-state index < -0.39 is 0 Å². The normalized spacial score (nSPS) is 10.2. The summed E-state index contributed by atoms with van der Waals surface area (Å²) in [6.07, 6.45) is 0. The summed E-state index contributed by atoms with van der Waals surface area (Å²) in [5.74, 6) is 1.38. The first-order valence-corrected chi connectivity index (χ1v) is 9.81. The van der Waals surface area contributed by atoms with Gasteiger partial charge in [0.05, 0.1) is 0 Å². The molecule has 0 aliphatic rings. The summed E-state index contributed by atoms with van der Waals surface area (Å²) >= 11 is 0. The van der Waals surface area contributed by atoms with Crippen molar-refractivity contribution >= 4 is 48.4 Å². The number of anilines is 6. The molecule has 0 spiro atoms. The average molecular weight is 430 g/mol. The summed E-state index contributed by atoms with van der Waals surface area (Å²) in [6.45, 7) is 6.15. The second kappa shape index (κ2) is 9.95. The van der Waals surface area contributed by atoms with Gasteiger partial charge in [-0.3, -0.25) is 0 Å². The van der Waals surface area contributed by atoms with Crippen LogP contribution < -0.4 is 16.0 Å². The van der Waals surface area contributed by atoms with Gasteiger partial charge in [0.1, 0.15) is 0 Å². The lowest BCUT2D eigenvalue weighted by Gasteiger charge is -2.12. The Kier molecular flexibility index (Phi) is 7.10. The highest BCUT2D eigenvalue weighted by Crippen LogP contribution is 2.22. The summed E-state index contributed by atoms with van der Waals surface area (Å²) in [5.41, 5.74) is 6.23. The van der Waals surface area contributed by atoms with Crippen molar-refractivity contribution in [1.29, 1.82) is 0 Å². The quantitative estimate of drug-likeness (QED) is 0.266. The highest BCUT2D eigenvalue weighted by atomic mass is 32.1. The number of benzene rings is 3. The predicted octanol–water partition coefficient (Wildman–Crippen LogP) is 5.76. The van der Waals surface area contributed by atoms with E-state index in [9.17, 15) is 0 Å². The molecule has 0 radical (unpaired) electrons. The summed E-state index contributed by atoms with van der Waals surface area (Å²) in [6, 6.07) is 24.2. The van der Waals surface area contributed by atoms with E-state index in [1.165, 1.54) is 0 Å². The Hall–Kier alpha value is -3.58. The van der Waals surface area contributed by atoms with E-state index in [1.807, 2.05) is 93.6 Å². The molecule has 0 aliphatic heterocycles. The molecular weight excluding hydrogens is 404 g/mol. The molecule has 1 heterocycles. The van der Waals surface area contributed by atoms with Gasteiger partial charge in [0.15, 0.2) is 0 Å². The Morgan fingerprint density at radius 3 is 1.03 bits per heavy atom. The SMILES string of the molecule is Cc1cccc(Nc2nc(Nc3cccc(C)c3)nc(Nc3cccc(C)c3)n2)c1.[SH-]. The Balaban J connectivity index is 0.00000272. The first-order valence-electron chi connectivity index (χ1n) is 9.81. The van der Waals surface area contributed by atoms with Gasteiger partial charge in [-0.15, -0.1) is 0 Å². The van der Waals surface area contributed by atoms with Crippen LogP contribution in [0.4, 0.5) is 34.9 Å². The largest absolute Gasteiger partial charge is 0.813 e. The maximum atomic E-state index is 4.56. The minimum Gasteiger partial charge on any atom is -0.813 e. The van der Waals surface area contributed by atoms with E-state index in [2.05, 4.69) is 30.9 Å². The number of rotatable bonds is 6. The molecule has 0 unspecified atom stereocenters. The smallest absolute Gasteiger partial charge is 0.233 e. The molecule has 0 saturated carbocycles. The van der Waals surface area contributed by atoms with Crippen LogP contribution in [0.3, 0.4) is 0 Å². The monoisotopic (exact) mass is 429 g/mol. The van der Waals surface area contributed by atoms with Crippen LogP contribution in [-0.2, 0) is 13.5 Å². The minimum atomic E-state index is 0. The molecule has 3 aromatic carbocycles. The van der Waals surface area contributed by atoms with Gasteiger partial charge in [0.2, 0.25) is 17.8 Å². The number of nitrogens with zero attached hydrogens (tertiary/aromatic N) is 3. The fraction of sp³-hybridized carbons (Fsp3) is 0.125. The van der Waals surface area contributed by atoms with Gasteiger partial charge in [-0.05, 0) is 73.9 Å². The van der Waals surface area contributed by atoms with Gasteiger partial charge in [0.25, 0.3) is 0 Å². The average Bonchev–Trinajstić information content (AvgIpc) is 2.68. The van der Waals surface area contributed by atoms with Gasteiger partial charge >= 0.3 is 0 Å². The van der Waals surface area contributed by atoms with Crippen LogP contribution in [-0.4, -0.2) is 15.0 Å². The van der Waals surface area contributed by atoms with E-state index in [0.29, 0.717) is 17.8 Å². The standard InChI is InChI=1S/C24H24N6.H2S/c1-16-7-4-10-19(13-16)25-22-28-23(26-20-11-5-8-17(2)14-20)30-24(29-22)27-21-12-6-9-18(3)15-21;/h4-15H,1-3H3,(H3,25,26,27,28,29,30);1H2/p-1. The van der Waals surface area contributed by atoms with Crippen LogP contribution in [0, 0.1) is 20.8 Å². The molecule has 0 fully saturated rings. The third-order valence-electron chi connectivity index (χ3n) is 4.46. The lowest BCUT2D eigenvalue weighted by Crippen LogP contribution is -2.07. The first-order chi connectivity index (χ1) is 14.5. The second-order valence-electron chi connectivity index (χ2n) is 7.29. The molecule has 0 saturated heterocycles. The Labute approximate surface area is 189 Å². The van der Waals surface area contributed by atoms with E-state index in [-0.39, 0.29) is 13.5 Å². The fourth-order valence-electron chi connectivity index (χ4n) is 3.10. The van der Waals surface area contributed by atoms with Gasteiger partial charge in [0, 0.05) is 17.1 Å². The Morgan fingerprint density at radius 2 is 0.774 bits per heavy atom. The number of hydrogen-bond donors (Lipinski definition) is 3. The zero-order chi connectivity index (χ0) is 20.9. The Morgan fingerprint density at radius 1 is 0.484 bits per heavy atom. The van der Waals surface area contributed by atoms with E-state index >= 15 is 0 Å². The van der Waals surface area contributed by atoms with Crippen molar-refractivity contribution in [1.82, 2.24) is 15.0 Å². The zero-order valence-electron chi connectivity index (χ0n) is 17.7. The molecule has 4 rings (SSSR count).